The monoisotopic (exact) mass is 341 g/mol. The van der Waals surface area contributed by atoms with E-state index in [0.717, 1.165) is 34.4 Å². The molecule has 0 radical (unpaired) electrons. The Balaban J connectivity index is 1.34. The maximum absolute atomic E-state index is 6.16. The van der Waals surface area contributed by atoms with Crippen LogP contribution in [0.25, 0.3) is 21.5 Å². The first-order valence-corrected chi connectivity index (χ1v) is 9.27. The molecule has 4 heterocycles. The van der Waals surface area contributed by atoms with Gasteiger partial charge in [0.15, 0.2) is 5.01 Å². The SMILES string of the molecule is CN1C2CCC1CC(Oc1nnc(-c3ccc4occc4c3)s1)C2. The van der Waals surface area contributed by atoms with Crippen LogP contribution in [-0.2, 0) is 0 Å². The van der Waals surface area contributed by atoms with E-state index in [2.05, 4.69) is 28.2 Å². The normalized spacial score (nSPS) is 27.0. The van der Waals surface area contributed by atoms with Gasteiger partial charge in [-0.1, -0.05) is 16.4 Å². The Morgan fingerprint density at radius 1 is 1.17 bits per heavy atom. The third-order valence-corrected chi connectivity index (χ3v) is 6.29. The van der Waals surface area contributed by atoms with Crippen molar-refractivity contribution in [3.63, 3.8) is 0 Å². The summed E-state index contributed by atoms with van der Waals surface area (Å²) in [6.45, 7) is 0. The van der Waals surface area contributed by atoms with Crippen molar-refractivity contribution in [2.75, 3.05) is 7.05 Å². The van der Waals surface area contributed by atoms with E-state index in [-0.39, 0.29) is 6.10 Å². The van der Waals surface area contributed by atoms with Crippen molar-refractivity contribution in [1.29, 1.82) is 0 Å². The van der Waals surface area contributed by atoms with Crippen molar-refractivity contribution in [3.8, 4) is 15.8 Å². The molecule has 2 bridgehead atoms. The second-order valence-corrected chi connectivity index (χ2v) is 7.75. The Hall–Kier alpha value is -1.92. The molecule has 2 aliphatic heterocycles. The molecule has 2 aliphatic rings. The van der Waals surface area contributed by atoms with Crippen LogP contribution in [0.5, 0.6) is 5.19 Å². The van der Waals surface area contributed by atoms with Gasteiger partial charge < -0.3 is 14.1 Å². The first-order valence-electron chi connectivity index (χ1n) is 8.46. The molecule has 0 spiro atoms. The maximum atomic E-state index is 6.16. The predicted molar refractivity (Wildman–Crippen MR) is 93.3 cm³/mol. The zero-order valence-corrected chi connectivity index (χ0v) is 14.3. The number of hydrogen-bond donors (Lipinski definition) is 0. The lowest BCUT2D eigenvalue weighted by Gasteiger charge is -2.35. The van der Waals surface area contributed by atoms with Crippen molar-refractivity contribution in [2.45, 2.75) is 43.9 Å². The minimum absolute atomic E-state index is 0.274. The second kappa shape index (κ2) is 5.57. The molecular formula is C18H19N3O2S. The van der Waals surface area contributed by atoms with Crippen LogP contribution in [0.15, 0.2) is 34.9 Å². The third-order valence-electron chi connectivity index (χ3n) is 5.43. The van der Waals surface area contributed by atoms with Gasteiger partial charge in [-0.15, -0.1) is 5.10 Å². The van der Waals surface area contributed by atoms with E-state index in [1.165, 1.54) is 24.2 Å². The van der Waals surface area contributed by atoms with Gasteiger partial charge in [-0.3, -0.25) is 0 Å². The first-order chi connectivity index (χ1) is 11.8. The van der Waals surface area contributed by atoms with E-state index < -0.39 is 0 Å². The molecule has 0 amide bonds. The smallest absolute Gasteiger partial charge is 0.294 e. The largest absolute Gasteiger partial charge is 0.465 e. The van der Waals surface area contributed by atoms with Gasteiger partial charge in [-0.2, -0.15) is 0 Å². The summed E-state index contributed by atoms with van der Waals surface area (Å²) >= 11 is 1.53. The molecule has 2 atom stereocenters. The summed E-state index contributed by atoms with van der Waals surface area (Å²) in [7, 11) is 2.24. The maximum Gasteiger partial charge on any atom is 0.294 e. The molecule has 5 nitrogen and oxygen atoms in total. The summed E-state index contributed by atoms with van der Waals surface area (Å²) < 4.78 is 11.5. The average molecular weight is 341 g/mol. The summed E-state index contributed by atoms with van der Waals surface area (Å²) in [5.74, 6) is 0. The summed E-state index contributed by atoms with van der Waals surface area (Å²) in [4.78, 5) is 2.52. The molecule has 2 aromatic heterocycles. The number of ether oxygens (including phenoxy) is 1. The van der Waals surface area contributed by atoms with Crippen molar-refractivity contribution in [3.05, 3.63) is 30.5 Å². The molecule has 2 saturated heterocycles. The fraction of sp³-hybridized carbons (Fsp3) is 0.444. The molecule has 1 aromatic carbocycles. The van der Waals surface area contributed by atoms with E-state index in [0.29, 0.717) is 17.3 Å². The number of furan rings is 1. The van der Waals surface area contributed by atoms with Crippen molar-refractivity contribution in [1.82, 2.24) is 15.1 Å². The van der Waals surface area contributed by atoms with Crippen LogP contribution >= 0.6 is 11.3 Å². The lowest BCUT2D eigenvalue weighted by molar-refractivity contribution is 0.0655. The number of benzene rings is 1. The minimum Gasteiger partial charge on any atom is -0.465 e. The highest BCUT2D eigenvalue weighted by Gasteiger charge is 2.39. The Morgan fingerprint density at radius 3 is 2.83 bits per heavy atom. The van der Waals surface area contributed by atoms with Gasteiger partial charge in [-0.25, -0.2) is 0 Å². The van der Waals surface area contributed by atoms with Crippen LogP contribution in [0.2, 0.25) is 0 Å². The van der Waals surface area contributed by atoms with Crippen LogP contribution in [0.4, 0.5) is 0 Å². The molecule has 124 valence electrons. The lowest BCUT2D eigenvalue weighted by Crippen LogP contribution is -2.43. The topological polar surface area (TPSA) is 51.4 Å². The van der Waals surface area contributed by atoms with Crippen molar-refractivity contribution in [2.24, 2.45) is 0 Å². The molecule has 3 aromatic rings. The molecule has 0 saturated carbocycles. The number of hydrogen-bond acceptors (Lipinski definition) is 6. The highest BCUT2D eigenvalue weighted by atomic mass is 32.1. The van der Waals surface area contributed by atoms with Crippen LogP contribution < -0.4 is 4.74 Å². The Labute approximate surface area is 144 Å². The molecule has 2 fully saturated rings. The van der Waals surface area contributed by atoms with Crippen LogP contribution in [0, 0.1) is 0 Å². The van der Waals surface area contributed by atoms with Gasteiger partial charge in [0.1, 0.15) is 11.7 Å². The van der Waals surface area contributed by atoms with E-state index in [1.807, 2.05) is 18.2 Å². The molecule has 5 rings (SSSR count). The molecule has 0 aliphatic carbocycles. The van der Waals surface area contributed by atoms with Gasteiger partial charge in [0.05, 0.1) is 6.26 Å². The fourth-order valence-corrected chi connectivity index (χ4v) is 4.83. The summed E-state index contributed by atoms with van der Waals surface area (Å²) in [5, 5.41) is 11.2. The molecule has 6 heteroatoms. The average Bonchev–Trinajstić information content (AvgIpc) is 3.27. The number of fused-ring (bicyclic) bond motifs is 3. The quantitative estimate of drug-likeness (QED) is 0.722. The molecule has 2 unspecified atom stereocenters. The van der Waals surface area contributed by atoms with E-state index in [4.69, 9.17) is 9.15 Å². The number of nitrogens with zero attached hydrogens (tertiary/aromatic N) is 3. The first kappa shape index (κ1) is 14.4. The number of aromatic nitrogens is 2. The summed E-state index contributed by atoms with van der Waals surface area (Å²) in [5.41, 5.74) is 1.95. The summed E-state index contributed by atoms with van der Waals surface area (Å²) in [6.07, 6.45) is 6.78. The zero-order valence-electron chi connectivity index (χ0n) is 13.5. The molecular weight excluding hydrogens is 322 g/mol. The molecule has 24 heavy (non-hydrogen) atoms. The van der Waals surface area contributed by atoms with Crippen molar-refractivity contribution >= 4 is 22.3 Å². The van der Waals surface area contributed by atoms with Crippen LogP contribution in [0.3, 0.4) is 0 Å². The summed E-state index contributed by atoms with van der Waals surface area (Å²) in [6, 6.07) is 9.38. The van der Waals surface area contributed by atoms with Gasteiger partial charge in [0, 0.05) is 23.0 Å². The van der Waals surface area contributed by atoms with E-state index >= 15 is 0 Å². The lowest BCUT2D eigenvalue weighted by atomic mass is 10.0. The molecule has 0 N–H and O–H groups in total. The highest BCUT2D eigenvalue weighted by molar-refractivity contribution is 7.16. The van der Waals surface area contributed by atoms with Gasteiger partial charge in [-0.05, 0) is 57.0 Å². The number of piperidine rings is 1. The predicted octanol–water partition coefficient (Wildman–Crippen LogP) is 3.96. The van der Waals surface area contributed by atoms with E-state index in [9.17, 15) is 0 Å². The van der Waals surface area contributed by atoms with E-state index in [1.54, 1.807) is 6.26 Å². The number of rotatable bonds is 3. The second-order valence-electron chi connectivity index (χ2n) is 6.81. The van der Waals surface area contributed by atoms with Crippen LogP contribution in [0.1, 0.15) is 25.7 Å². The highest BCUT2D eigenvalue weighted by Crippen LogP contribution is 2.37. The fourth-order valence-electron chi connectivity index (χ4n) is 4.07. The zero-order chi connectivity index (χ0) is 16.1. The Kier molecular flexibility index (Phi) is 3.35. The Bertz CT molecular complexity index is 860. The van der Waals surface area contributed by atoms with Gasteiger partial charge in [0.2, 0.25) is 0 Å². The van der Waals surface area contributed by atoms with Gasteiger partial charge >= 0.3 is 0 Å². The standard InChI is InChI=1S/C18H19N3O2S/c1-21-13-3-4-14(21)10-15(9-13)23-18-20-19-17(24-18)12-2-5-16-11(8-12)6-7-22-16/h2,5-8,13-15H,3-4,9-10H2,1H3. The van der Waals surface area contributed by atoms with Crippen LogP contribution in [-0.4, -0.2) is 40.3 Å². The van der Waals surface area contributed by atoms with Crippen molar-refractivity contribution < 1.29 is 9.15 Å². The van der Waals surface area contributed by atoms with Gasteiger partial charge in [0.25, 0.3) is 5.19 Å². The minimum atomic E-state index is 0.274. The Morgan fingerprint density at radius 2 is 2.00 bits per heavy atom. The third kappa shape index (κ3) is 2.41.